The van der Waals surface area contributed by atoms with Crippen molar-refractivity contribution in [1.29, 1.82) is 0 Å². The van der Waals surface area contributed by atoms with Crippen molar-refractivity contribution in [2.45, 2.75) is 39.2 Å². The van der Waals surface area contributed by atoms with E-state index in [0.29, 0.717) is 23.7 Å². The third kappa shape index (κ3) is 6.33. The predicted octanol–water partition coefficient (Wildman–Crippen LogP) is 2.03. The Kier molecular flexibility index (Phi) is 6.73. The van der Waals surface area contributed by atoms with Gasteiger partial charge in [0.2, 0.25) is 5.91 Å². The number of aliphatic carboxylic acids is 1. The fraction of sp³-hybridized carbons (Fsp3) is 0.467. The van der Waals surface area contributed by atoms with E-state index < -0.39 is 5.97 Å². The number of hydrogen-bond donors (Lipinski definition) is 3. The Hall–Kier alpha value is -1.88. The molecule has 0 aliphatic carbocycles. The Morgan fingerprint density at radius 3 is 2.60 bits per heavy atom. The van der Waals surface area contributed by atoms with Crippen LogP contribution in [0.15, 0.2) is 24.3 Å². The minimum absolute atomic E-state index is 0.0894. The lowest BCUT2D eigenvalue weighted by Gasteiger charge is -2.10. The van der Waals surface area contributed by atoms with Gasteiger partial charge in [0.15, 0.2) is 0 Å². The molecule has 0 fully saturated rings. The highest BCUT2D eigenvalue weighted by molar-refractivity contribution is 5.92. The highest BCUT2D eigenvalue weighted by atomic mass is 16.4. The van der Waals surface area contributed by atoms with Crippen molar-refractivity contribution in [3.8, 4) is 0 Å². The fourth-order valence-corrected chi connectivity index (χ4v) is 1.81. The smallest absolute Gasteiger partial charge is 0.307 e. The number of amides is 1. The molecule has 0 radical (unpaired) electrons. The van der Waals surface area contributed by atoms with Crippen LogP contribution in [0.3, 0.4) is 0 Å². The molecule has 5 heteroatoms. The van der Waals surface area contributed by atoms with Gasteiger partial charge in [0.1, 0.15) is 0 Å². The van der Waals surface area contributed by atoms with Crippen LogP contribution in [-0.2, 0) is 16.0 Å². The first-order chi connectivity index (χ1) is 9.49. The molecule has 3 N–H and O–H groups in total. The van der Waals surface area contributed by atoms with Gasteiger partial charge in [-0.25, -0.2) is 0 Å². The highest BCUT2D eigenvalue weighted by Gasteiger charge is 2.09. The van der Waals surface area contributed by atoms with Crippen molar-refractivity contribution >= 4 is 17.6 Å². The second-order valence-corrected chi connectivity index (χ2v) is 4.99. The Morgan fingerprint density at radius 1 is 1.25 bits per heavy atom. The van der Waals surface area contributed by atoms with Gasteiger partial charge < -0.3 is 15.7 Å². The second-order valence-electron chi connectivity index (χ2n) is 4.99. The largest absolute Gasteiger partial charge is 0.481 e. The molecular formula is C15H22N2O3. The number of rotatable bonds is 8. The average molecular weight is 278 g/mol. The zero-order valence-electron chi connectivity index (χ0n) is 12.0. The average Bonchev–Trinajstić information content (AvgIpc) is 2.36. The topological polar surface area (TPSA) is 78.4 Å². The van der Waals surface area contributed by atoms with Crippen LogP contribution in [0.5, 0.6) is 0 Å². The summed E-state index contributed by atoms with van der Waals surface area (Å²) in [6.45, 7) is 4.91. The fourth-order valence-electron chi connectivity index (χ4n) is 1.81. The lowest BCUT2D eigenvalue weighted by molar-refractivity contribution is -0.136. The number of para-hydroxylation sites is 1. The lowest BCUT2D eigenvalue weighted by atomic mass is 10.1. The van der Waals surface area contributed by atoms with Crippen LogP contribution in [0.1, 0.15) is 32.3 Å². The summed E-state index contributed by atoms with van der Waals surface area (Å²) in [6.07, 6.45) is 1.08. The van der Waals surface area contributed by atoms with Crippen molar-refractivity contribution < 1.29 is 14.7 Å². The molecule has 1 rings (SSSR count). The zero-order chi connectivity index (χ0) is 15.0. The number of carbonyl (C=O) groups is 2. The van der Waals surface area contributed by atoms with Crippen LogP contribution >= 0.6 is 0 Å². The Morgan fingerprint density at radius 2 is 1.95 bits per heavy atom. The summed E-state index contributed by atoms with van der Waals surface area (Å²) in [5.41, 5.74) is 1.20. The van der Waals surface area contributed by atoms with Gasteiger partial charge in [-0.05, 0) is 24.6 Å². The van der Waals surface area contributed by atoms with E-state index in [0.717, 1.165) is 13.0 Å². The Labute approximate surface area is 119 Å². The van der Waals surface area contributed by atoms with Gasteiger partial charge in [-0.15, -0.1) is 0 Å². The van der Waals surface area contributed by atoms with E-state index >= 15 is 0 Å². The van der Waals surface area contributed by atoms with Crippen molar-refractivity contribution in [2.24, 2.45) is 0 Å². The molecule has 0 saturated heterocycles. The molecule has 0 spiro atoms. The van der Waals surface area contributed by atoms with Crippen LogP contribution in [0.4, 0.5) is 5.69 Å². The molecule has 1 amide bonds. The molecule has 0 saturated carbocycles. The maximum atomic E-state index is 11.8. The van der Waals surface area contributed by atoms with E-state index in [1.165, 1.54) is 0 Å². The molecule has 0 heterocycles. The molecule has 0 atom stereocenters. The molecule has 0 aliphatic rings. The normalized spacial score (nSPS) is 10.6. The maximum Gasteiger partial charge on any atom is 0.307 e. The van der Waals surface area contributed by atoms with E-state index in [4.69, 9.17) is 5.11 Å². The second kappa shape index (κ2) is 8.32. The summed E-state index contributed by atoms with van der Waals surface area (Å²) in [5, 5.41) is 14.8. The monoisotopic (exact) mass is 278 g/mol. The number of benzene rings is 1. The lowest BCUT2D eigenvalue weighted by Crippen LogP contribution is -2.24. The third-order valence-electron chi connectivity index (χ3n) is 2.77. The number of carboxylic acids is 1. The Bertz CT molecular complexity index is 458. The van der Waals surface area contributed by atoms with Gasteiger partial charge in [0.05, 0.1) is 6.42 Å². The summed E-state index contributed by atoms with van der Waals surface area (Å²) < 4.78 is 0. The van der Waals surface area contributed by atoms with Crippen LogP contribution in [-0.4, -0.2) is 29.6 Å². The number of nitrogens with one attached hydrogen (secondary N) is 2. The van der Waals surface area contributed by atoms with Crippen molar-refractivity contribution in [3.05, 3.63) is 29.8 Å². The van der Waals surface area contributed by atoms with Crippen molar-refractivity contribution in [1.82, 2.24) is 5.32 Å². The predicted molar refractivity (Wildman–Crippen MR) is 78.8 cm³/mol. The number of anilines is 1. The summed E-state index contributed by atoms with van der Waals surface area (Å²) in [5.74, 6) is -0.999. The minimum Gasteiger partial charge on any atom is -0.481 e. The van der Waals surface area contributed by atoms with E-state index in [1.54, 1.807) is 24.3 Å². The van der Waals surface area contributed by atoms with Gasteiger partial charge in [-0.1, -0.05) is 32.0 Å². The van der Waals surface area contributed by atoms with Gasteiger partial charge >= 0.3 is 5.97 Å². The molecule has 1 aromatic rings. The summed E-state index contributed by atoms with van der Waals surface area (Å²) in [7, 11) is 0. The molecule has 110 valence electrons. The first kappa shape index (κ1) is 16.2. The highest BCUT2D eigenvalue weighted by Crippen LogP contribution is 2.16. The quantitative estimate of drug-likeness (QED) is 0.636. The molecular weight excluding hydrogens is 256 g/mol. The van der Waals surface area contributed by atoms with Crippen molar-refractivity contribution in [3.63, 3.8) is 0 Å². The summed E-state index contributed by atoms with van der Waals surface area (Å²) in [6, 6.07) is 7.39. The molecule has 0 unspecified atom stereocenters. The van der Waals surface area contributed by atoms with Crippen LogP contribution in [0.2, 0.25) is 0 Å². The Balaban J connectivity index is 2.47. The summed E-state index contributed by atoms with van der Waals surface area (Å²) >= 11 is 0. The first-order valence-corrected chi connectivity index (χ1v) is 6.82. The van der Waals surface area contributed by atoms with E-state index in [-0.39, 0.29) is 12.3 Å². The van der Waals surface area contributed by atoms with Crippen LogP contribution in [0.25, 0.3) is 0 Å². The molecule has 5 nitrogen and oxygen atoms in total. The SMILES string of the molecule is CC(C)NCCCC(=O)Nc1ccccc1CC(=O)O. The van der Waals surface area contributed by atoms with E-state index in [2.05, 4.69) is 24.5 Å². The first-order valence-electron chi connectivity index (χ1n) is 6.82. The maximum absolute atomic E-state index is 11.8. The summed E-state index contributed by atoms with van der Waals surface area (Å²) in [4.78, 5) is 22.6. The van der Waals surface area contributed by atoms with E-state index in [9.17, 15) is 9.59 Å². The van der Waals surface area contributed by atoms with Crippen LogP contribution < -0.4 is 10.6 Å². The minimum atomic E-state index is -0.909. The van der Waals surface area contributed by atoms with Gasteiger partial charge in [0.25, 0.3) is 0 Å². The number of carboxylic acid groups (broad SMARTS) is 1. The van der Waals surface area contributed by atoms with Crippen molar-refractivity contribution in [2.75, 3.05) is 11.9 Å². The molecule has 0 aliphatic heterocycles. The van der Waals surface area contributed by atoms with E-state index in [1.807, 2.05) is 0 Å². The van der Waals surface area contributed by atoms with Gasteiger partial charge in [-0.3, -0.25) is 9.59 Å². The number of carbonyl (C=O) groups excluding carboxylic acids is 1. The van der Waals surface area contributed by atoms with Gasteiger partial charge in [-0.2, -0.15) is 0 Å². The zero-order valence-corrected chi connectivity index (χ0v) is 12.0. The molecule has 0 aromatic heterocycles. The molecule has 20 heavy (non-hydrogen) atoms. The number of hydrogen-bond acceptors (Lipinski definition) is 3. The standard InChI is InChI=1S/C15H22N2O3/c1-11(2)16-9-5-8-14(18)17-13-7-4-3-6-12(13)10-15(19)20/h3-4,6-7,11,16H,5,8-10H2,1-2H3,(H,17,18)(H,19,20). The van der Waals surface area contributed by atoms with Crippen LogP contribution in [0, 0.1) is 0 Å². The molecule has 1 aromatic carbocycles. The molecule has 0 bridgehead atoms. The van der Waals surface area contributed by atoms with Gasteiger partial charge in [0, 0.05) is 18.2 Å². The third-order valence-corrected chi connectivity index (χ3v) is 2.77.